The van der Waals surface area contributed by atoms with Crippen molar-refractivity contribution >= 4 is 0 Å². The van der Waals surface area contributed by atoms with Gasteiger partial charge in [-0.2, -0.15) is 5.10 Å². The van der Waals surface area contributed by atoms with Gasteiger partial charge in [0.05, 0.1) is 0 Å². The first-order valence-corrected chi connectivity index (χ1v) is 7.50. The zero-order chi connectivity index (χ0) is 14.7. The summed E-state index contributed by atoms with van der Waals surface area (Å²) in [5, 5.41) is 10.4. The van der Waals surface area contributed by atoms with E-state index in [0.29, 0.717) is 6.04 Å². The van der Waals surface area contributed by atoms with Crippen LogP contribution in [0.25, 0.3) is 0 Å². The number of rotatable bonds is 5. The number of hydrogen-bond donors (Lipinski definition) is 2. The molecule has 0 bridgehead atoms. The number of aromatic amines is 1. The van der Waals surface area contributed by atoms with Crippen molar-refractivity contribution < 1.29 is 4.74 Å². The summed E-state index contributed by atoms with van der Waals surface area (Å²) >= 11 is 0. The molecule has 0 amide bonds. The summed E-state index contributed by atoms with van der Waals surface area (Å²) in [5.74, 6) is 1.95. The highest BCUT2D eigenvalue weighted by atomic mass is 16.5. The van der Waals surface area contributed by atoms with Gasteiger partial charge in [-0.3, -0.25) is 5.10 Å². The van der Waals surface area contributed by atoms with Gasteiger partial charge in [0.15, 0.2) is 0 Å². The van der Waals surface area contributed by atoms with Gasteiger partial charge in [-0.05, 0) is 32.9 Å². The SMILES string of the molecule is CC1(C)CC(NCCCc2ncn[nH]2)c2ccccc2O1. The summed E-state index contributed by atoms with van der Waals surface area (Å²) < 4.78 is 6.05. The predicted molar refractivity (Wildman–Crippen MR) is 81.2 cm³/mol. The van der Waals surface area contributed by atoms with Crippen LogP contribution in [0.1, 0.15) is 44.1 Å². The molecule has 5 heteroatoms. The van der Waals surface area contributed by atoms with Crippen molar-refractivity contribution in [3.05, 3.63) is 42.0 Å². The number of benzene rings is 1. The Kier molecular flexibility index (Phi) is 3.92. The lowest BCUT2D eigenvalue weighted by Crippen LogP contribution is -2.39. The average molecular weight is 286 g/mol. The fraction of sp³-hybridized carbons (Fsp3) is 0.500. The Morgan fingerprint density at radius 1 is 1.38 bits per heavy atom. The van der Waals surface area contributed by atoms with Gasteiger partial charge in [-0.15, -0.1) is 0 Å². The van der Waals surface area contributed by atoms with Crippen LogP contribution < -0.4 is 10.1 Å². The molecule has 0 saturated heterocycles. The molecule has 1 atom stereocenters. The van der Waals surface area contributed by atoms with Gasteiger partial charge < -0.3 is 10.1 Å². The van der Waals surface area contributed by atoms with Crippen LogP contribution in [0.15, 0.2) is 30.6 Å². The van der Waals surface area contributed by atoms with E-state index in [2.05, 4.69) is 52.5 Å². The Hall–Kier alpha value is -1.88. The molecular formula is C16H22N4O. The smallest absolute Gasteiger partial charge is 0.137 e. The lowest BCUT2D eigenvalue weighted by atomic mass is 9.89. The maximum atomic E-state index is 6.05. The van der Waals surface area contributed by atoms with Crippen molar-refractivity contribution in [2.24, 2.45) is 0 Å². The molecule has 1 aliphatic rings. The maximum Gasteiger partial charge on any atom is 0.137 e. The minimum absolute atomic E-state index is 0.128. The average Bonchev–Trinajstić information content (AvgIpc) is 2.95. The van der Waals surface area contributed by atoms with Gasteiger partial charge in [-0.25, -0.2) is 4.98 Å². The van der Waals surface area contributed by atoms with Gasteiger partial charge in [0.2, 0.25) is 0 Å². The molecule has 0 radical (unpaired) electrons. The summed E-state index contributed by atoms with van der Waals surface area (Å²) in [4.78, 5) is 4.15. The van der Waals surface area contributed by atoms with E-state index >= 15 is 0 Å². The van der Waals surface area contributed by atoms with E-state index in [9.17, 15) is 0 Å². The standard InChI is InChI=1S/C16H22N4O/c1-16(2)10-13(12-6-3-4-7-14(12)21-16)17-9-5-8-15-18-11-19-20-15/h3-4,6-7,11,13,17H,5,8-10H2,1-2H3,(H,18,19,20). The largest absolute Gasteiger partial charge is 0.487 e. The first-order valence-electron chi connectivity index (χ1n) is 7.50. The Bertz CT molecular complexity index is 580. The minimum Gasteiger partial charge on any atom is -0.487 e. The van der Waals surface area contributed by atoms with Gasteiger partial charge >= 0.3 is 0 Å². The number of aryl methyl sites for hydroxylation is 1. The van der Waals surface area contributed by atoms with Crippen LogP contribution in [-0.4, -0.2) is 27.3 Å². The molecule has 112 valence electrons. The van der Waals surface area contributed by atoms with E-state index in [0.717, 1.165) is 37.4 Å². The molecule has 1 unspecified atom stereocenters. The van der Waals surface area contributed by atoms with Gasteiger partial charge in [-0.1, -0.05) is 18.2 Å². The van der Waals surface area contributed by atoms with Crippen LogP contribution in [0.2, 0.25) is 0 Å². The molecule has 0 saturated carbocycles. The number of H-pyrrole nitrogens is 1. The third-order valence-electron chi connectivity index (χ3n) is 3.82. The van der Waals surface area contributed by atoms with Crippen LogP contribution in [0.3, 0.4) is 0 Å². The van der Waals surface area contributed by atoms with Crippen molar-refractivity contribution in [1.29, 1.82) is 0 Å². The summed E-state index contributed by atoms with van der Waals surface area (Å²) in [7, 11) is 0. The van der Waals surface area contributed by atoms with Gasteiger partial charge in [0, 0.05) is 24.4 Å². The molecule has 2 heterocycles. The van der Waals surface area contributed by atoms with Crippen molar-refractivity contribution in [3.63, 3.8) is 0 Å². The minimum atomic E-state index is -0.128. The highest BCUT2D eigenvalue weighted by Gasteiger charge is 2.32. The number of para-hydroxylation sites is 1. The van der Waals surface area contributed by atoms with Crippen molar-refractivity contribution in [3.8, 4) is 5.75 Å². The normalized spacial score (nSPS) is 19.8. The van der Waals surface area contributed by atoms with Crippen LogP contribution in [0.4, 0.5) is 0 Å². The fourth-order valence-electron chi connectivity index (χ4n) is 2.87. The summed E-state index contributed by atoms with van der Waals surface area (Å²) in [5.41, 5.74) is 1.13. The van der Waals surface area contributed by atoms with Gasteiger partial charge in [0.1, 0.15) is 23.5 Å². The molecule has 5 nitrogen and oxygen atoms in total. The van der Waals surface area contributed by atoms with Crippen molar-refractivity contribution in [2.45, 2.75) is 44.8 Å². The number of nitrogens with zero attached hydrogens (tertiary/aromatic N) is 2. The highest BCUT2D eigenvalue weighted by Crippen LogP contribution is 2.39. The Morgan fingerprint density at radius 3 is 3.05 bits per heavy atom. The second-order valence-corrected chi connectivity index (χ2v) is 6.15. The lowest BCUT2D eigenvalue weighted by molar-refractivity contribution is 0.0661. The topological polar surface area (TPSA) is 62.8 Å². The number of hydrogen-bond acceptors (Lipinski definition) is 4. The molecule has 3 rings (SSSR count). The molecule has 0 fully saturated rings. The Labute approximate surface area is 125 Å². The predicted octanol–water partition coefficient (Wildman–Crippen LogP) is 2.63. The highest BCUT2D eigenvalue weighted by molar-refractivity contribution is 5.38. The summed E-state index contributed by atoms with van der Waals surface area (Å²) in [6, 6.07) is 8.66. The fourth-order valence-corrected chi connectivity index (χ4v) is 2.87. The molecule has 1 aromatic heterocycles. The molecule has 21 heavy (non-hydrogen) atoms. The van der Waals surface area contributed by atoms with E-state index in [4.69, 9.17) is 4.74 Å². The second-order valence-electron chi connectivity index (χ2n) is 6.15. The summed E-state index contributed by atoms with van der Waals surface area (Å²) in [6.45, 7) is 5.24. The Balaban J connectivity index is 1.59. The number of aromatic nitrogens is 3. The van der Waals surface area contributed by atoms with E-state index < -0.39 is 0 Å². The van der Waals surface area contributed by atoms with Crippen LogP contribution >= 0.6 is 0 Å². The van der Waals surface area contributed by atoms with Gasteiger partial charge in [0.25, 0.3) is 0 Å². The van der Waals surface area contributed by atoms with Crippen molar-refractivity contribution in [1.82, 2.24) is 20.5 Å². The molecule has 1 aromatic carbocycles. The lowest BCUT2D eigenvalue weighted by Gasteiger charge is -2.38. The van der Waals surface area contributed by atoms with E-state index in [1.165, 1.54) is 5.56 Å². The van der Waals surface area contributed by atoms with Crippen LogP contribution in [-0.2, 0) is 6.42 Å². The zero-order valence-electron chi connectivity index (χ0n) is 12.6. The molecule has 1 aliphatic heterocycles. The molecule has 0 aliphatic carbocycles. The first-order chi connectivity index (χ1) is 10.1. The quantitative estimate of drug-likeness (QED) is 0.829. The number of ether oxygens (including phenoxy) is 1. The number of fused-ring (bicyclic) bond motifs is 1. The van der Waals surface area contributed by atoms with Crippen LogP contribution in [0.5, 0.6) is 5.75 Å². The molecule has 2 N–H and O–H groups in total. The first kappa shape index (κ1) is 14.1. The number of nitrogens with one attached hydrogen (secondary N) is 2. The Morgan fingerprint density at radius 2 is 2.24 bits per heavy atom. The van der Waals surface area contributed by atoms with E-state index in [-0.39, 0.29) is 5.60 Å². The molecule has 2 aromatic rings. The van der Waals surface area contributed by atoms with E-state index in [1.54, 1.807) is 6.33 Å². The third-order valence-corrected chi connectivity index (χ3v) is 3.82. The second kappa shape index (κ2) is 5.85. The molecular weight excluding hydrogens is 264 g/mol. The third kappa shape index (κ3) is 3.42. The van der Waals surface area contributed by atoms with Crippen LogP contribution in [0, 0.1) is 0 Å². The van der Waals surface area contributed by atoms with Crippen molar-refractivity contribution in [2.75, 3.05) is 6.54 Å². The maximum absolute atomic E-state index is 6.05. The zero-order valence-corrected chi connectivity index (χ0v) is 12.6. The van der Waals surface area contributed by atoms with E-state index in [1.807, 2.05) is 6.07 Å². The summed E-state index contributed by atoms with van der Waals surface area (Å²) in [6.07, 6.45) is 4.49. The monoisotopic (exact) mass is 286 g/mol. The molecule has 0 spiro atoms.